The lowest BCUT2D eigenvalue weighted by atomic mass is 9.85. The van der Waals surface area contributed by atoms with Crippen molar-refractivity contribution in [2.75, 3.05) is 24.6 Å². The van der Waals surface area contributed by atoms with Crippen LogP contribution in [0.15, 0.2) is 30.3 Å². The molecule has 27 heavy (non-hydrogen) atoms. The van der Waals surface area contributed by atoms with Gasteiger partial charge >= 0.3 is 0 Å². The molecule has 0 unspecified atom stereocenters. The van der Waals surface area contributed by atoms with Gasteiger partial charge in [0.05, 0.1) is 23.3 Å². The minimum absolute atomic E-state index is 0.00420. The van der Waals surface area contributed by atoms with Crippen LogP contribution in [0.25, 0.3) is 0 Å². The van der Waals surface area contributed by atoms with E-state index in [9.17, 15) is 9.59 Å². The van der Waals surface area contributed by atoms with E-state index in [1.54, 1.807) is 0 Å². The Labute approximate surface area is 162 Å². The molecule has 7 heteroatoms. The zero-order valence-electron chi connectivity index (χ0n) is 15.8. The number of aryl methyl sites for hydroxylation is 2. The zero-order chi connectivity index (χ0) is 19.2. The van der Waals surface area contributed by atoms with Gasteiger partial charge in [0.2, 0.25) is 0 Å². The number of piperidine rings is 1. The van der Waals surface area contributed by atoms with E-state index in [-0.39, 0.29) is 24.5 Å². The van der Waals surface area contributed by atoms with E-state index >= 15 is 0 Å². The Morgan fingerprint density at radius 1 is 1.30 bits per heavy atom. The van der Waals surface area contributed by atoms with Gasteiger partial charge in [0.1, 0.15) is 17.1 Å². The number of para-hydroxylation sites is 1. The molecule has 2 atom stereocenters. The number of thiazole rings is 1. The molecule has 142 valence electrons. The van der Waals surface area contributed by atoms with Gasteiger partial charge in [-0.1, -0.05) is 18.2 Å². The predicted octanol–water partition coefficient (Wildman–Crippen LogP) is 2.80. The quantitative estimate of drug-likeness (QED) is 0.798. The van der Waals surface area contributed by atoms with E-state index in [1.807, 2.05) is 60.9 Å². The second-order valence-electron chi connectivity index (χ2n) is 7.38. The van der Waals surface area contributed by atoms with Crippen molar-refractivity contribution in [1.29, 1.82) is 0 Å². The number of hydrogen-bond donors (Lipinski definition) is 0. The van der Waals surface area contributed by atoms with E-state index in [0.29, 0.717) is 24.4 Å². The molecule has 2 aliphatic heterocycles. The summed E-state index contributed by atoms with van der Waals surface area (Å²) in [7, 11) is 0. The van der Waals surface area contributed by atoms with Crippen LogP contribution in [0.5, 0.6) is 0 Å². The molecular weight excluding hydrogens is 362 g/mol. The number of carbonyl (C=O) groups excluding carboxylic acids is 2. The van der Waals surface area contributed by atoms with Crippen LogP contribution in [0.4, 0.5) is 5.69 Å². The minimum atomic E-state index is -0.592. The SMILES string of the molecule is Cc1nc(C)c(C(=O)N2CC[C@H]3N(c4ccccc4)C(=O)CO[C@]3(C)C2)s1. The second kappa shape index (κ2) is 6.73. The Bertz CT molecular complexity index is 882. The fourth-order valence-electron chi connectivity index (χ4n) is 4.12. The lowest BCUT2D eigenvalue weighted by Crippen LogP contribution is -2.68. The molecular formula is C20H23N3O3S. The van der Waals surface area contributed by atoms with Gasteiger partial charge < -0.3 is 14.5 Å². The molecule has 2 aromatic rings. The van der Waals surface area contributed by atoms with Crippen molar-refractivity contribution in [2.45, 2.75) is 38.8 Å². The maximum Gasteiger partial charge on any atom is 0.265 e. The van der Waals surface area contributed by atoms with Gasteiger partial charge in [0.25, 0.3) is 11.8 Å². The number of rotatable bonds is 2. The van der Waals surface area contributed by atoms with Crippen LogP contribution in [0.3, 0.4) is 0 Å². The standard InChI is InChI=1S/C20H23N3O3S/c1-13-18(27-14(2)21-13)19(25)22-10-9-16-20(3,12-22)26-11-17(24)23(16)15-7-5-4-6-8-15/h4-8,16H,9-12H2,1-3H3/t16-,20-/m1/s1. The zero-order valence-corrected chi connectivity index (χ0v) is 16.6. The van der Waals surface area contributed by atoms with Crippen molar-refractivity contribution < 1.29 is 14.3 Å². The average molecular weight is 385 g/mol. The smallest absolute Gasteiger partial charge is 0.265 e. The highest BCUT2D eigenvalue weighted by Gasteiger charge is 2.50. The number of hydrogen-bond acceptors (Lipinski definition) is 5. The number of amides is 2. The highest BCUT2D eigenvalue weighted by molar-refractivity contribution is 7.13. The van der Waals surface area contributed by atoms with E-state index in [0.717, 1.165) is 16.4 Å². The number of benzene rings is 1. The highest BCUT2D eigenvalue weighted by atomic mass is 32.1. The Morgan fingerprint density at radius 3 is 2.70 bits per heavy atom. The first-order chi connectivity index (χ1) is 12.9. The summed E-state index contributed by atoms with van der Waals surface area (Å²) in [5, 5.41) is 0.895. The Morgan fingerprint density at radius 2 is 2.04 bits per heavy atom. The third-order valence-corrected chi connectivity index (χ3v) is 6.47. The van der Waals surface area contributed by atoms with Gasteiger partial charge in [0, 0.05) is 12.2 Å². The number of nitrogens with zero attached hydrogens (tertiary/aromatic N) is 3. The van der Waals surface area contributed by atoms with Gasteiger partial charge in [-0.25, -0.2) is 4.98 Å². The molecule has 1 aromatic carbocycles. The molecule has 2 fully saturated rings. The van der Waals surface area contributed by atoms with Crippen molar-refractivity contribution in [3.63, 3.8) is 0 Å². The molecule has 0 N–H and O–H groups in total. The van der Waals surface area contributed by atoms with Crippen LogP contribution in [0, 0.1) is 13.8 Å². The topological polar surface area (TPSA) is 62.7 Å². The molecule has 4 rings (SSSR count). The van der Waals surface area contributed by atoms with Crippen molar-refractivity contribution in [1.82, 2.24) is 9.88 Å². The summed E-state index contributed by atoms with van der Waals surface area (Å²) < 4.78 is 5.99. The van der Waals surface area contributed by atoms with Gasteiger partial charge in [0.15, 0.2) is 0 Å². The molecule has 2 saturated heterocycles. The van der Waals surface area contributed by atoms with Crippen LogP contribution in [0.1, 0.15) is 33.7 Å². The molecule has 2 aliphatic rings. The van der Waals surface area contributed by atoms with E-state index in [2.05, 4.69) is 4.98 Å². The molecule has 0 saturated carbocycles. The lowest BCUT2D eigenvalue weighted by Gasteiger charge is -2.52. The maximum atomic E-state index is 13.0. The maximum absolute atomic E-state index is 13.0. The Balaban J connectivity index is 1.60. The number of ether oxygens (including phenoxy) is 1. The normalized spacial score (nSPS) is 25.4. The molecule has 6 nitrogen and oxygen atoms in total. The van der Waals surface area contributed by atoms with Crippen LogP contribution < -0.4 is 4.90 Å². The molecule has 3 heterocycles. The summed E-state index contributed by atoms with van der Waals surface area (Å²) in [5.74, 6) is -0.0260. The Kier molecular flexibility index (Phi) is 4.52. The summed E-state index contributed by atoms with van der Waals surface area (Å²) in [6.07, 6.45) is 0.680. The number of morpholine rings is 1. The second-order valence-corrected chi connectivity index (χ2v) is 8.58. The van der Waals surface area contributed by atoms with Crippen molar-refractivity contribution >= 4 is 28.8 Å². The summed E-state index contributed by atoms with van der Waals surface area (Å²) in [4.78, 5) is 34.4. The molecule has 1 aromatic heterocycles. The third kappa shape index (κ3) is 3.15. The molecule has 2 amide bonds. The van der Waals surface area contributed by atoms with E-state index in [4.69, 9.17) is 4.74 Å². The molecule has 0 spiro atoms. The fraction of sp³-hybridized carbons (Fsp3) is 0.450. The predicted molar refractivity (Wildman–Crippen MR) is 104 cm³/mol. The fourth-order valence-corrected chi connectivity index (χ4v) is 5.01. The summed E-state index contributed by atoms with van der Waals surface area (Å²) in [5.41, 5.74) is 1.07. The van der Waals surface area contributed by atoms with Gasteiger partial charge in [-0.3, -0.25) is 9.59 Å². The van der Waals surface area contributed by atoms with Crippen molar-refractivity contribution in [2.24, 2.45) is 0 Å². The monoisotopic (exact) mass is 385 g/mol. The van der Waals surface area contributed by atoms with Crippen LogP contribution in [-0.4, -0.2) is 53.0 Å². The number of anilines is 1. The van der Waals surface area contributed by atoms with Gasteiger partial charge in [-0.2, -0.15) is 0 Å². The highest BCUT2D eigenvalue weighted by Crippen LogP contribution is 2.36. The Hall–Kier alpha value is -2.25. The number of carbonyl (C=O) groups is 2. The number of fused-ring (bicyclic) bond motifs is 1. The van der Waals surface area contributed by atoms with Gasteiger partial charge in [-0.15, -0.1) is 11.3 Å². The first-order valence-corrected chi connectivity index (χ1v) is 9.95. The number of aromatic nitrogens is 1. The first-order valence-electron chi connectivity index (χ1n) is 9.13. The van der Waals surface area contributed by atoms with Gasteiger partial charge in [-0.05, 0) is 39.3 Å². The molecule has 0 bridgehead atoms. The average Bonchev–Trinajstić information content (AvgIpc) is 3.00. The first kappa shape index (κ1) is 18.1. The molecule has 0 radical (unpaired) electrons. The van der Waals surface area contributed by atoms with Crippen LogP contribution >= 0.6 is 11.3 Å². The van der Waals surface area contributed by atoms with Crippen LogP contribution in [0.2, 0.25) is 0 Å². The van der Waals surface area contributed by atoms with E-state index < -0.39 is 5.60 Å². The minimum Gasteiger partial charge on any atom is -0.361 e. The largest absolute Gasteiger partial charge is 0.361 e. The number of likely N-dealkylation sites (tertiary alicyclic amines) is 1. The third-order valence-electron chi connectivity index (χ3n) is 5.41. The van der Waals surface area contributed by atoms with Crippen LogP contribution in [-0.2, 0) is 9.53 Å². The summed E-state index contributed by atoms with van der Waals surface area (Å²) >= 11 is 1.43. The van der Waals surface area contributed by atoms with E-state index in [1.165, 1.54) is 11.3 Å². The summed E-state index contributed by atoms with van der Waals surface area (Å²) in [6, 6.07) is 9.62. The lowest BCUT2D eigenvalue weighted by molar-refractivity contribution is -0.149. The molecule has 0 aliphatic carbocycles. The van der Waals surface area contributed by atoms with Crippen molar-refractivity contribution in [3.8, 4) is 0 Å². The van der Waals surface area contributed by atoms with Crippen molar-refractivity contribution in [3.05, 3.63) is 45.9 Å². The summed E-state index contributed by atoms with van der Waals surface area (Å²) in [6.45, 7) is 6.87.